The van der Waals surface area contributed by atoms with E-state index in [4.69, 9.17) is 18.9 Å². The van der Waals surface area contributed by atoms with Crippen molar-refractivity contribution in [2.24, 2.45) is 0 Å². The first-order valence-electron chi connectivity index (χ1n) is 12.6. The van der Waals surface area contributed by atoms with Crippen molar-refractivity contribution in [3.63, 3.8) is 0 Å². The maximum atomic E-state index is 13.9. The number of amides is 2. The van der Waals surface area contributed by atoms with E-state index >= 15 is 0 Å². The molecule has 2 heterocycles. The van der Waals surface area contributed by atoms with Gasteiger partial charge in [0.1, 0.15) is 0 Å². The molecule has 198 valence electrons. The van der Waals surface area contributed by atoms with E-state index in [1.165, 1.54) is 0 Å². The number of hydrogen-bond acceptors (Lipinski definition) is 6. The smallest absolute Gasteiger partial charge is 0.254 e. The normalized spacial score (nSPS) is 17.6. The molecule has 3 aromatic rings. The largest absolute Gasteiger partial charge is 0.493 e. The molecule has 2 amide bonds. The molecule has 0 saturated carbocycles. The summed E-state index contributed by atoms with van der Waals surface area (Å²) >= 11 is 0. The van der Waals surface area contributed by atoms with Gasteiger partial charge in [0.15, 0.2) is 23.0 Å². The molecular weight excluding hydrogens is 484 g/mol. The van der Waals surface area contributed by atoms with Gasteiger partial charge < -0.3 is 29.2 Å². The first-order chi connectivity index (χ1) is 18.5. The van der Waals surface area contributed by atoms with Crippen LogP contribution in [0.15, 0.2) is 54.6 Å². The predicted molar refractivity (Wildman–Crippen MR) is 142 cm³/mol. The lowest BCUT2D eigenvalue weighted by molar-refractivity contribution is -0.124. The number of ether oxygens (including phenoxy) is 4. The predicted octanol–water partition coefficient (Wildman–Crippen LogP) is 3.92. The highest BCUT2D eigenvalue weighted by molar-refractivity contribution is 6.01. The molecule has 0 radical (unpaired) electrons. The summed E-state index contributed by atoms with van der Waals surface area (Å²) < 4.78 is 21.8. The average molecular weight is 517 g/mol. The second-order valence-electron chi connectivity index (χ2n) is 9.39. The lowest BCUT2D eigenvalue weighted by Gasteiger charge is -2.45. The fraction of sp³-hybridized carbons (Fsp3) is 0.333. The lowest BCUT2D eigenvalue weighted by atomic mass is 9.75. The highest BCUT2D eigenvalue weighted by Crippen LogP contribution is 2.48. The number of rotatable bonds is 8. The Morgan fingerprint density at radius 2 is 1.55 bits per heavy atom. The summed E-state index contributed by atoms with van der Waals surface area (Å²) in [6.07, 6.45) is 1.29. The van der Waals surface area contributed by atoms with Gasteiger partial charge in [-0.15, -0.1) is 0 Å². The van der Waals surface area contributed by atoms with Crippen molar-refractivity contribution in [3.05, 3.63) is 82.4 Å². The molecule has 8 nitrogen and oxygen atoms in total. The summed E-state index contributed by atoms with van der Waals surface area (Å²) in [5, 5.41) is 3.13. The second kappa shape index (κ2) is 10.7. The molecule has 8 heteroatoms. The Kier molecular flexibility index (Phi) is 7.13. The van der Waals surface area contributed by atoms with E-state index in [1.807, 2.05) is 59.5 Å². The van der Waals surface area contributed by atoms with Gasteiger partial charge >= 0.3 is 0 Å². The van der Waals surface area contributed by atoms with Crippen LogP contribution < -0.4 is 24.3 Å². The molecule has 0 saturated heterocycles. The average Bonchev–Trinajstić information content (AvgIpc) is 2.96. The molecule has 2 aliphatic heterocycles. The quantitative estimate of drug-likeness (QED) is 0.489. The van der Waals surface area contributed by atoms with Crippen molar-refractivity contribution in [1.29, 1.82) is 0 Å². The zero-order valence-corrected chi connectivity index (χ0v) is 22.1. The van der Waals surface area contributed by atoms with Crippen LogP contribution in [0.5, 0.6) is 23.0 Å². The van der Waals surface area contributed by atoms with Crippen LogP contribution in [-0.4, -0.2) is 58.2 Å². The van der Waals surface area contributed by atoms with Crippen molar-refractivity contribution >= 4 is 11.8 Å². The van der Waals surface area contributed by atoms with E-state index in [1.54, 1.807) is 28.4 Å². The Morgan fingerprint density at radius 3 is 2.29 bits per heavy atom. The van der Waals surface area contributed by atoms with Crippen LogP contribution in [0.4, 0.5) is 0 Å². The highest BCUT2D eigenvalue weighted by atomic mass is 16.5. The van der Waals surface area contributed by atoms with Crippen molar-refractivity contribution in [2.45, 2.75) is 24.8 Å². The second-order valence-corrected chi connectivity index (χ2v) is 9.39. The standard InChI is InChI=1S/C30H32N2O6/c1-35-23-10-9-18(15-24(23)36-2)11-13-31-29(33)27-20-7-5-6-8-21(20)30(34)32-14-12-19-16-25(37-3)26(38-4)17-22(19)28(27)32/h5-10,15-17,27-28H,11-14H2,1-4H3,(H,31,33)/t27-,28-/m0/s1. The van der Waals surface area contributed by atoms with Gasteiger partial charge in [0, 0.05) is 18.7 Å². The van der Waals surface area contributed by atoms with Gasteiger partial charge in [0.05, 0.1) is 40.4 Å². The van der Waals surface area contributed by atoms with E-state index in [0.717, 1.165) is 22.3 Å². The first kappa shape index (κ1) is 25.4. The van der Waals surface area contributed by atoms with Crippen LogP contribution in [-0.2, 0) is 17.6 Å². The molecule has 0 fully saturated rings. The number of methoxy groups -OCH3 is 4. The molecule has 0 spiro atoms. The van der Waals surface area contributed by atoms with Crippen molar-refractivity contribution < 1.29 is 28.5 Å². The highest BCUT2D eigenvalue weighted by Gasteiger charge is 2.46. The molecule has 3 aromatic carbocycles. The van der Waals surface area contributed by atoms with Crippen LogP contribution in [0.2, 0.25) is 0 Å². The van der Waals surface area contributed by atoms with Gasteiger partial charge in [-0.25, -0.2) is 0 Å². The number of fused-ring (bicyclic) bond motifs is 4. The summed E-state index contributed by atoms with van der Waals surface area (Å²) in [5.41, 5.74) is 4.30. The number of nitrogens with one attached hydrogen (secondary N) is 1. The topological polar surface area (TPSA) is 86.3 Å². The van der Waals surface area contributed by atoms with E-state index in [0.29, 0.717) is 54.5 Å². The number of hydrogen-bond donors (Lipinski definition) is 1. The van der Waals surface area contributed by atoms with Gasteiger partial charge in [0.2, 0.25) is 5.91 Å². The summed E-state index contributed by atoms with van der Waals surface area (Å²) in [7, 11) is 6.39. The summed E-state index contributed by atoms with van der Waals surface area (Å²) in [6, 6.07) is 16.6. The Bertz CT molecular complexity index is 1370. The van der Waals surface area contributed by atoms with Crippen LogP contribution in [0.25, 0.3) is 0 Å². The van der Waals surface area contributed by atoms with E-state index < -0.39 is 12.0 Å². The maximum absolute atomic E-state index is 13.9. The van der Waals surface area contributed by atoms with Crippen LogP contribution >= 0.6 is 0 Å². The zero-order valence-electron chi connectivity index (χ0n) is 22.1. The summed E-state index contributed by atoms with van der Waals surface area (Å²) in [4.78, 5) is 29.2. The fourth-order valence-corrected chi connectivity index (χ4v) is 5.61. The number of nitrogens with zero attached hydrogens (tertiary/aromatic N) is 1. The molecule has 2 aliphatic rings. The molecule has 5 rings (SSSR count). The Balaban J connectivity index is 1.46. The fourth-order valence-electron chi connectivity index (χ4n) is 5.61. The third-order valence-corrected chi connectivity index (χ3v) is 7.47. The van der Waals surface area contributed by atoms with Crippen LogP contribution in [0.3, 0.4) is 0 Å². The van der Waals surface area contributed by atoms with Gasteiger partial charge in [-0.05, 0) is 65.4 Å². The molecule has 0 aromatic heterocycles. The Labute approximate surface area is 222 Å². The van der Waals surface area contributed by atoms with Crippen LogP contribution in [0, 0.1) is 0 Å². The third kappa shape index (κ3) is 4.40. The Hall–Kier alpha value is -4.20. The Morgan fingerprint density at radius 1 is 0.868 bits per heavy atom. The van der Waals surface area contributed by atoms with Crippen molar-refractivity contribution in [2.75, 3.05) is 41.5 Å². The molecule has 1 N–H and O–H groups in total. The summed E-state index contributed by atoms with van der Waals surface area (Å²) in [5.74, 6) is 1.78. The SMILES string of the molecule is COc1ccc(CCNC(=O)[C@H]2c3ccccc3C(=O)N3CCc4cc(OC)c(OC)cc4[C@@H]23)cc1OC. The monoisotopic (exact) mass is 516 g/mol. The van der Waals surface area contributed by atoms with E-state index in [2.05, 4.69) is 5.32 Å². The van der Waals surface area contributed by atoms with Crippen molar-refractivity contribution in [1.82, 2.24) is 10.2 Å². The first-order valence-corrected chi connectivity index (χ1v) is 12.6. The van der Waals surface area contributed by atoms with Crippen LogP contribution in [0.1, 0.15) is 44.6 Å². The number of carbonyl (C=O) groups excluding carboxylic acids is 2. The number of benzene rings is 3. The van der Waals surface area contributed by atoms with E-state index in [-0.39, 0.29) is 11.8 Å². The number of carbonyl (C=O) groups is 2. The van der Waals surface area contributed by atoms with E-state index in [9.17, 15) is 9.59 Å². The molecule has 38 heavy (non-hydrogen) atoms. The summed E-state index contributed by atoms with van der Waals surface area (Å²) in [6.45, 7) is 0.960. The lowest BCUT2D eigenvalue weighted by Crippen LogP contribution is -2.50. The van der Waals surface area contributed by atoms with Crippen molar-refractivity contribution in [3.8, 4) is 23.0 Å². The molecule has 2 atom stereocenters. The minimum atomic E-state index is -0.563. The maximum Gasteiger partial charge on any atom is 0.254 e. The van der Waals surface area contributed by atoms with Gasteiger partial charge in [-0.3, -0.25) is 9.59 Å². The van der Waals surface area contributed by atoms with Gasteiger partial charge in [-0.2, -0.15) is 0 Å². The van der Waals surface area contributed by atoms with Gasteiger partial charge in [-0.1, -0.05) is 24.3 Å². The minimum Gasteiger partial charge on any atom is -0.493 e. The van der Waals surface area contributed by atoms with Gasteiger partial charge in [0.25, 0.3) is 5.91 Å². The minimum absolute atomic E-state index is 0.0552. The third-order valence-electron chi connectivity index (χ3n) is 7.47. The zero-order chi connectivity index (χ0) is 26.8. The molecular formula is C30H32N2O6. The molecule has 0 aliphatic carbocycles. The molecule has 0 bridgehead atoms. The molecule has 0 unspecified atom stereocenters.